The van der Waals surface area contributed by atoms with Gasteiger partial charge in [-0.2, -0.15) is 0 Å². The number of likely N-dealkylation sites (N-methyl/N-ethyl adjacent to an activating group) is 1. The van der Waals surface area contributed by atoms with Crippen molar-refractivity contribution in [3.63, 3.8) is 0 Å². The van der Waals surface area contributed by atoms with E-state index in [1.807, 2.05) is 0 Å². The largest absolute Gasteiger partial charge is 0.372 e. The van der Waals surface area contributed by atoms with E-state index in [-0.39, 0.29) is 0 Å². The molecule has 0 saturated carbocycles. The molecule has 1 rings (SSSR count). The van der Waals surface area contributed by atoms with Crippen molar-refractivity contribution in [3.05, 3.63) is 0 Å². The minimum absolute atomic E-state index is 0.517. The van der Waals surface area contributed by atoms with Crippen LogP contribution in [0.1, 0.15) is 19.3 Å². The normalized spacial score (nSPS) is 27.0. The standard InChI is InChI=1S/C9H20NO/c1-10(2,3)8-9-6-4-5-7-11-9/h9H,4-8H2,1-3H3/q+1. The van der Waals surface area contributed by atoms with Gasteiger partial charge in [0.2, 0.25) is 0 Å². The first-order valence-electron chi connectivity index (χ1n) is 4.50. The Bertz CT molecular complexity index is 111. The molecule has 1 atom stereocenters. The molecule has 0 N–H and O–H groups in total. The summed E-state index contributed by atoms with van der Waals surface area (Å²) in [6, 6.07) is 0. The van der Waals surface area contributed by atoms with Gasteiger partial charge in [0, 0.05) is 6.61 Å². The van der Waals surface area contributed by atoms with E-state index in [4.69, 9.17) is 4.74 Å². The lowest BCUT2D eigenvalue weighted by Crippen LogP contribution is -2.43. The van der Waals surface area contributed by atoms with E-state index in [9.17, 15) is 0 Å². The van der Waals surface area contributed by atoms with E-state index in [1.54, 1.807) is 0 Å². The summed E-state index contributed by atoms with van der Waals surface area (Å²) in [7, 11) is 6.66. The van der Waals surface area contributed by atoms with Crippen molar-refractivity contribution in [1.29, 1.82) is 0 Å². The van der Waals surface area contributed by atoms with Crippen LogP contribution in [0.25, 0.3) is 0 Å². The van der Waals surface area contributed by atoms with Crippen molar-refractivity contribution in [3.8, 4) is 0 Å². The number of ether oxygens (including phenoxy) is 1. The molecule has 1 unspecified atom stereocenters. The van der Waals surface area contributed by atoms with Crippen LogP contribution in [0.2, 0.25) is 0 Å². The molecule has 1 aliphatic rings. The Hall–Kier alpha value is -0.0800. The summed E-state index contributed by atoms with van der Waals surface area (Å²) in [6.07, 6.45) is 4.39. The highest BCUT2D eigenvalue weighted by molar-refractivity contribution is 4.61. The third-order valence-electron chi connectivity index (χ3n) is 2.03. The monoisotopic (exact) mass is 158 g/mol. The maximum atomic E-state index is 5.64. The van der Waals surface area contributed by atoms with Crippen LogP contribution in [0.4, 0.5) is 0 Å². The van der Waals surface area contributed by atoms with Crippen molar-refractivity contribution < 1.29 is 9.22 Å². The van der Waals surface area contributed by atoms with Gasteiger partial charge in [-0.25, -0.2) is 0 Å². The lowest BCUT2D eigenvalue weighted by atomic mass is 10.1. The first kappa shape index (κ1) is 9.01. The third-order valence-corrected chi connectivity index (χ3v) is 2.03. The van der Waals surface area contributed by atoms with E-state index < -0.39 is 0 Å². The topological polar surface area (TPSA) is 9.23 Å². The van der Waals surface area contributed by atoms with Gasteiger partial charge in [0.25, 0.3) is 0 Å². The molecule has 1 heterocycles. The van der Waals surface area contributed by atoms with E-state index >= 15 is 0 Å². The van der Waals surface area contributed by atoms with Crippen molar-refractivity contribution >= 4 is 0 Å². The van der Waals surface area contributed by atoms with Gasteiger partial charge in [-0.3, -0.25) is 0 Å². The molecule has 2 nitrogen and oxygen atoms in total. The summed E-state index contributed by atoms with van der Waals surface area (Å²) in [5.41, 5.74) is 0. The van der Waals surface area contributed by atoms with Crippen LogP contribution in [0.3, 0.4) is 0 Å². The fourth-order valence-electron chi connectivity index (χ4n) is 1.56. The molecular formula is C9H20NO+. The average Bonchev–Trinajstić information content (AvgIpc) is 1.85. The highest BCUT2D eigenvalue weighted by Gasteiger charge is 2.20. The fraction of sp³-hybridized carbons (Fsp3) is 1.00. The Morgan fingerprint density at radius 1 is 1.27 bits per heavy atom. The van der Waals surface area contributed by atoms with E-state index in [0.29, 0.717) is 6.10 Å². The molecule has 0 spiro atoms. The maximum Gasteiger partial charge on any atom is 0.106 e. The molecule has 1 saturated heterocycles. The number of rotatable bonds is 2. The summed E-state index contributed by atoms with van der Waals surface area (Å²) >= 11 is 0. The first-order valence-corrected chi connectivity index (χ1v) is 4.50. The van der Waals surface area contributed by atoms with Gasteiger partial charge >= 0.3 is 0 Å². The minimum Gasteiger partial charge on any atom is -0.372 e. The number of quaternary nitrogens is 1. The Kier molecular flexibility index (Phi) is 2.90. The Labute approximate surface area is 69.7 Å². The molecular weight excluding hydrogens is 138 g/mol. The Morgan fingerprint density at radius 2 is 2.00 bits per heavy atom. The molecule has 0 amide bonds. The van der Waals surface area contributed by atoms with Gasteiger partial charge in [-0.05, 0) is 19.3 Å². The molecule has 0 aliphatic carbocycles. The van der Waals surface area contributed by atoms with Crippen molar-refractivity contribution in [2.24, 2.45) is 0 Å². The van der Waals surface area contributed by atoms with Gasteiger partial charge in [-0.15, -0.1) is 0 Å². The second-order valence-corrected chi connectivity index (χ2v) is 4.46. The zero-order valence-corrected chi connectivity index (χ0v) is 7.97. The molecule has 0 aromatic heterocycles. The first-order chi connectivity index (χ1) is 5.08. The van der Waals surface area contributed by atoms with Gasteiger partial charge in [-0.1, -0.05) is 0 Å². The number of nitrogens with zero attached hydrogens (tertiary/aromatic N) is 1. The second-order valence-electron chi connectivity index (χ2n) is 4.46. The zero-order valence-electron chi connectivity index (χ0n) is 7.97. The number of hydrogen-bond acceptors (Lipinski definition) is 1. The summed E-state index contributed by atoms with van der Waals surface area (Å²) in [5.74, 6) is 0. The fourth-order valence-corrected chi connectivity index (χ4v) is 1.56. The molecule has 1 aliphatic heterocycles. The molecule has 66 valence electrons. The predicted molar refractivity (Wildman–Crippen MR) is 46.5 cm³/mol. The lowest BCUT2D eigenvalue weighted by molar-refractivity contribution is -0.873. The van der Waals surface area contributed by atoms with Gasteiger partial charge in [0.05, 0.1) is 21.1 Å². The molecule has 11 heavy (non-hydrogen) atoms. The third kappa shape index (κ3) is 3.73. The number of hydrogen-bond donors (Lipinski definition) is 0. The van der Waals surface area contributed by atoms with Crippen molar-refractivity contribution in [1.82, 2.24) is 0 Å². The summed E-state index contributed by atoms with van der Waals surface area (Å²) < 4.78 is 6.66. The van der Waals surface area contributed by atoms with Crippen LogP contribution >= 0.6 is 0 Å². The predicted octanol–water partition coefficient (Wildman–Crippen LogP) is 1.26. The molecule has 1 fully saturated rings. The SMILES string of the molecule is C[N+](C)(C)CC1CCCCO1. The van der Waals surface area contributed by atoms with E-state index in [1.165, 1.54) is 19.3 Å². The zero-order chi connectivity index (χ0) is 8.32. The van der Waals surface area contributed by atoms with Crippen LogP contribution in [0.5, 0.6) is 0 Å². The summed E-state index contributed by atoms with van der Waals surface area (Å²) in [4.78, 5) is 0. The van der Waals surface area contributed by atoms with Crippen LogP contribution in [0.15, 0.2) is 0 Å². The molecule has 0 bridgehead atoms. The molecule has 0 aromatic carbocycles. The summed E-state index contributed by atoms with van der Waals surface area (Å²) in [6.45, 7) is 2.13. The maximum absolute atomic E-state index is 5.64. The van der Waals surface area contributed by atoms with Gasteiger partial charge in [0.1, 0.15) is 12.6 Å². The highest BCUT2D eigenvalue weighted by Crippen LogP contribution is 2.14. The van der Waals surface area contributed by atoms with Gasteiger partial charge in [0.15, 0.2) is 0 Å². The second kappa shape index (κ2) is 3.55. The Balaban J connectivity index is 2.24. The summed E-state index contributed by atoms with van der Waals surface area (Å²) in [5, 5.41) is 0. The van der Waals surface area contributed by atoms with E-state index in [0.717, 1.165) is 17.6 Å². The molecule has 0 aromatic rings. The highest BCUT2D eigenvalue weighted by atomic mass is 16.5. The van der Waals surface area contributed by atoms with Crippen LogP contribution in [0, 0.1) is 0 Å². The quantitative estimate of drug-likeness (QED) is 0.550. The average molecular weight is 158 g/mol. The lowest BCUT2D eigenvalue weighted by Gasteiger charge is -2.31. The van der Waals surface area contributed by atoms with Crippen LogP contribution in [-0.4, -0.2) is 44.9 Å². The van der Waals surface area contributed by atoms with E-state index in [2.05, 4.69) is 21.1 Å². The molecule has 0 radical (unpaired) electrons. The van der Waals surface area contributed by atoms with Crippen LogP contribution < -0.4 is 0 Å². The molecule has 2 heteroatoms. The smallest absolute Gasteiger partial charge is 0.106 e. The van der Waals surface area contributed by atoms with Crippen molar-refractivity contribution in [2.75, 3.05) is 34.3 Å². The minimum atomic E-state index is 0.517. The van der Waals surface area contributed by atoms with Gasteiger partial charge < -0.3 is 9.22 Å². The van der Waals surface area contributed by atoms with Crippen molar-refractivity contribution in [2.45, 2.75) is 25.4 Å². The van der Waals surface area contributed by atoms with Crippen LogP contribution in [-0.2, 0) is 4.74 Å². The Morgan fingerprint density at radius 3 is 2.45 bits per heavy atom.